The van der Waals surface area contributed by atoms with Gasteiger partial charge >= 0.3 is 0 Å². The number of aromatic nitrogens is 1. The van der Waals surface area contributed by atoms with Crippen molar-refractivity contribution in [3.05, 3.63) is 65.2 Å². The molecule has 2 amide bonds. The van der Waals surface area contributed by atoms with Gasteiger partial charge in [0.05, 0.1) is 23.7 Å². The number of carbonyl (C=O) groups is 2. The summed E-state index contributed by atoms with van der Waals surface area (Å²) in [7, 11) is 0. The topological polar surface area (TPSA) is 94.9 Å². The standard InChI is InChI=1S/C20H16N4O2S/c1-13(25)22-17-7-3-5-15(9-17)20-24-18(12-27-20)10-19(26)23-16-6-2-4-14(8-16)11-21/h2-9,12H,10H2,1H3,(H,22,25)(H,23,26). The van der Waals surface area contributed by atoms with Gasteiger partial charge in [-0.2, -0.15) is 5.26 Å². The van der Waals surface area contributed by atoms with Gasteiger partial charge in [-0.05, 0) is 30.3 Å². The molecule has 27 heavy (non-hydrogen) atoms. The molecule has 2 N–H and O–H groups in total. The van der Waals surface area contributed by atoms with Crippen molar-refractivity contribution in [1.82, 2.24) is 4.98 Å². The Balaban J connectivity index is 1.68. The summed E-state index contributed by atoms with van der Waals surface area (Å²) >= 11 is 1.44. The summed E-state index contributed by atoms with van der Waals surface area (Å²) < 4.78 is 0. The molecule has 7 heteroatoms. The van der Waals surface area contributed by atoms with Crippen molar-refractivity contribution in [1.29, 1.82) is 5.26 Å². The number of hydrogen-bond acceptors (Lipinski definition) is 5. The Morgan fingerprint density at radius 1 is 1.11 bits per heavy atom. The zero-order valence-electron chi connectivity index (χ0n) is 14.5. The van der Waals surface area contributed by atoms with E-state index in [-0.39, 0.29) is 18.2 Å². The molecule has 0 aliphatic rings. The molecule has 0 saturated heterocycles. The monoisotopic (exact) mass is 376 g/mol. The molecule has 134 valence electrons. The lowest BCUT2D eigenvalue weighted by Crippen LogP contribution is -2.14. The van der Waals surface area contributed by atoms with Gasteiger partial charge in [0.15, 0.2) is 0 Å². The molecule has 0 aliphatic heterocycles. The van der Waals surface area contributed by atoms with E-state index in [9.17, 15) is 9.59 Å². The number of nitrogens with zero attached hydrogens (tertiary/aromatic N) is 2. The van der Waals surface area contributed by atoms with Crippen LogP contribution in [0.5, 0.6) is 0 Å². The van der Waals surface area contributed by atoms with Gasteiger partial charge in [0.2, 0.25) is 11.8 Å². The van der Waals surface area contributed by atoms with Crippen LogP contribution in [0, 0.1) is 11.3 Å². The number of thiazole rings is 1. The third kappa shape index (κ3) is 5.00. The van der Waals surface area contributed by atoms with Gasteiger partial charge < -0.3 is 10.6 Å². The molecule has 0 atom stereocenters. The minimum atomic E-state index is -0.200. The smallest absolute Gasteiger partial charge is 0.230 e. The molecule has 0 aliphatic carbocycles. The molecule has 0 bridgehead atoms. The van der Waals surface area contributed by atoms with Crippen molar-refractivity contribution < 1.29 is 9.59 Å². The fraction of sp³-hybridized carbons (Fsp3) is 0.100. The van der Waals surface area contributed by atoms with Gasteiger partial charge in [-0.25, -0.2) is 4.98 Å². The second-order valence-corrected chi connectivity index (χ2v) is 6.68. The van der Waals surface area contributed by atoms with Crippen molar-refractivity contribution >= 4 is 34.5 Å². The summed E-state index contributed by atoms with van der Waals surface area (Å²) in [5, 5.41) is 17.0. The molecule has 0 radical (unpaired) electrons. The van der Waals surface area contributed by atoms with E-state index in [1.54, 1.807) is 24.3 Å². The number of benzene rings is 2. The number of carbonyl (C=O) groups excluding carboxylic acids is 2. The van der Waals surface area contributed by atoms with Crippen LogP contribution in [0.2, 0.25) is 0 Å². The second-order valence-electron chi connectivity index (χ2n) is 5.82. The average Bonchev–Trinajstić information content (AvgIpc) is 3.10. The highest BCUT2D eigenvalue weighted by molar-refractivity contribution is 7.13. The summed E-state index contributed by atoms with van der Waals surface area (Å²) in [4.78, 5) is 27.9. The fourth-order valence-corrected chi connectivity index (χ4v) is 3.31. The Hall–Kier alpha value is -3.50. The zero-order valence-corrected chi connectivity index (χ0v) is 15.3. The van der Waals surface area contributed by atoms with Crippen LogP contribution in [0.4, 0.5) is 11.4 Å². The lowest BCUT2D eigenvalue weighted by Gasteiger charge is -2.04. The molecule has 3 rings (SSSR count). The molecule has 0 unspecified atom stereocenters. The van der Waals surface area contributed by atoms with Crippen molar-refractivity contribution in [2.75, 3.05) is 10.6 Å². The molecule has 0 saturated carbocycles. The van der Waals surface area contributed by atoms with Crippen molar-refractivity contribution in [2.24, 2.45) is 0 Å². The maximum absolute atomic E-state index is 12.2. The lowest BCUT2D eigenvalue weighted by molar-refractivity contribution is -0.116. The summed E-state index contributed by atoms with van der Waals surface area (Å²) in [6.07, 6.45) is 0.138. The fourth-order valence-electron chi connectivity index (χ4n) is 2.49. The number of amides is 2. The number of hydrogen-bond donors (Lipinski definition) is 2. The van der Waals surface area contributed by atoms with E-state index in [0.717, 1.165) is 10.6 Å². The van der Waals surface area contributed by atoms with Crippen LogP contribution in [-0.2, 0) is 16.0 Å². The summed E-state index contributed by atoms with van der Waals surface area (Å²) in [5.41, 5.74) is 3.31. The number of anilines is 2. The first-order chi connectivity index (χ1) is 13.0. The van der Waals surface area contributed by atoms with E-state index in [1.807, 2.05) is 35.7 Å². The van der Waals surface area contributed by atoms with Crippen molar-refractivity contribution in [3.63, 3.8) is 0 Å². The van der Waals surface area contributed by atoms with Crippen LogP contribution in [0.1, 0.15) is 18.2 Å². The van der Waals surface area contributed by atoms with Crippen LogP contribution in [0.3, 0.4) is 0 Å². The van der Waals surface area contributed by atoms with Crippen molar-refractivity contribution in [2.45, 2.75) is 13.3 Å². The van der Waals surface area contributed by atoms with Gasteiger partial charge in [-0.1, -0.05) is 18.2 Å². The molecular weight excluding hydrogens is 360 g/mol. The van der Waals surface area contributed by atoms with Gasteiger partial charge in [-0.15, -0.1) is 11.3 Å². The molecular formula is C20H16N4O2S. The Morgan fingerprint density at radius 2 is 1.85 bits per heavy atom. The minimum absolute atomic E-state index is 0.135. The van der Waals surface area contributed by atoms with Gasteiger partial charge in [0.25, 0.3) is 0 Å². The van der Waals surface area contributed by atoms with Crippen LogP contribution >= 0.6 is 11.3 Å². The quantitative estimate of drug-likeness (QED) is 0.708. The van der Waals surface area contributed by atoms with E-state index in [4.69, 9.17) is 5.26 Å². The Kier molecular flexibility index (Phi) is 5.59. The summed E-state index contributed by atoms with van der Waals surface area (Å²) in [6.45, 7) is 1.46. The van der Waals surface area contributed by atoms with E-state index >= 15 is 0 Å². The van der Waals surface area contributed by atoms with Gasteiger partial charge in [-0.3, -0.25) is 9.59 Å². The van der Waals surface area contributed by atoms with Crippen LogP contribution < -0.4 is 10.6 Å². The minimum Gasteiger partial charge on any atom is -0.326 e. The van der Waals surface area contributed by atoms with E-state index in [1.165, 1.54) is 18.3 Å². The molecule has 1 aromatic heterocycles. The third-order valence-electron chi connectivity index (χ3n) is 3.60. The lowest BCUT2D eigenvalue weighted by atomic mass is 10.2. The Labute approximate surface area is 160 Å². The maximum Gasteiger partial charge on any atom is 0.230 e. The average molecular weight is 376 g/mol. The summed E-state index contributed by atoms with van der Waals surface area (Å²) in [6, 6.07) is 16.2. The van der Waals surface area contributed by atoms with Crippen LogP contribution in [-0.4, -0.2) is 16.8 Å². The highest BCUT2D eigenvalue weighted by atomic mass is 32.1. The first-order valence-corrected chi connectivity index (χ1v) is 9.04. The van der Waals surface area contributed by atoms with Gasteiger partial charge in [0.1, 0.15) is 5.01 Å². The number of nitriles is 1. The molecule has 1 heterocycles. The van der Waals surface area contributed by atoms with Crippen LogP contribution in [0.15, 0.2) is 53.9 Å². The molecule has 3 aromatic rings. The van der Waals surface area contributed by atoms with Crippen molar-refractivity contribution in [3.8, 4) is 16.6 Å². The van der Waals surface area contributed by atoms with E-state index in [0.29, 0.717) is 22.6 Å². The van der Waals surface area contributed by atoms with E-state index < -0.39 is 0 Å². The number of rotatable bonds is 5. The largest absolute Gasteiger partial charge is 0.326 e. The molecule has 6 nitrogen and oxygen atoms in total. The van der Waals surface area contributed by atoms with Crippen LogP contribution in [0.25, 0.3) is 10.6 Å². The SMILES string of the molecule is CC(=O)Nc1cccc(-c2nc(CC(=O)Nc3cccc(C#N)c3)cs2)c1. The first kappa shape index (κ1) is 18.3. The molecule has 0 spiro atoms. The van der Waals surface area contributed by atoms with Gasteiger partial charge in [0, 0.05) is 29.2 Å². The zero-order chi connectivity index (χ0) is 19.2. The predicted molar refractivity (Wildman–Crippen MR) is 105 cm³/mol. The first-order valence-electron chi connectivity index (χ1n) is 8.16. The Morgan fingerprint density at radius 3 is 2.59 bits per heavy atom. The Bertz CT molecular complexity index is 1040. The molecule has 0 fully saturated rings. The highest BCUT2D eigenvalue weighted by Crippen LogP contribution is 2.26. The predicted octanol–water partition coefficient (Wildman–Crippen LogP) is 3.82. The maximum atomic E-state index is 12.2. The second kappa shape index (κ2) is 8.25. The number of nitrogens with one attached hydrogen (secondary N) is 2. The van der Waals surface area contributed by atoms with E-state index in [2.05, 4.69) is 15.6 Å². The summed E-state index contributed by atoms with van der Waals surface area (Å²) in [5.74, 6) is -0.335. The molecule has 2 aromatic carbocycles. The normalized spacial score (nSPS) is 10.1. The highest BCUT2D eigenvalue weighted by Gasteiger charge is 2.10. The third-order valence-corrected chi connectivity index (χ3v) is 4.54.